The molecule has 0 saturated carbocycles. The van der Waals surface area contributed by atoms with Gasteiger partial charge < -0.3 is 14.2 Å². The predicted octanol–water partition coefficient (Wildman–Crippen LogP) is 5.01. The Labute approximate surface area is 167 Å². The number of para-hydroxylation sites is 1. The molecule has 1 aromatic heterocycles. The summed E-state index contributed by atoms with van der Waals surface area (Å²) in [7, 11) is 3.35. The first-order chi connectivity index (χ1) is 13.8. The van der Waals surface area contributed by atoms with Gasteiger partial charge in [-0.3, -0.25) is 0 Å². The van der Waals surface area contributed by atoms with Gasteiger partial charge in [-0.2, -0.15) is 5.10 Å². The van der Waals surface area contributed by atoms with Crippen LogP contribution in [-0.2, 0) is 0 Å². The minimum absolute atomic E-state index is 0.104. The maximum absolute atomic E-state index is 6.46. The van der Waals surface area contributed by atoms with Crippen LogP contribution in [0, 0.1) is 0 Å². The molecule has 0 bridgehead atoms. The highest BCUT2D eigenvalue weighted by Gasteiger charge is 2.42. The van der Waals surface area contributed by atoms with Gasteiger partial charge in [-0.25, -0.2) is 5.01 Å². The lowest BCUT2D eigenvalue weighted by molar-refractivity contribution is -0.0210. The lowest BCUT2D eigenvalue weighted by Gasteiger charge is -2.38. The normalized spacial score (nSPS) is 20.1. The zero-order chi connectivity index (χ0) is 19.1. The molecule has 3 heterocycles. The van der Waals surface area contributed by atoms with Crippen LogP contribution < -0.4 is 14.2 Å². The minimum atomic E-state index is -0.346. The van der Waals surface area contributed by atoms with Gasteiger partial charge in [0.1, 0.15) is 5.75 Å². The van der Waals surface area contributed by atoms with Crippen molar-refractivity contribution in [2.45, 2.75) is 18.7 Å². The van der Waals surface area contributed by atoms with Gasteiger partial charge in [0, 0.05) is 17.5 Å². The molecule has 5 rings (SSSR count). The quantitative estimate of drug-likeness (QED) is 0.626. The molecule has 0 unspecified atom stereocenters. The third-order valence-electron chi connectivity index (χ3n) is 5.18. The van der Waals surface area contributed by atoms with E-state index in [1.807, 2.05) is 36.4 Å². The van der Waals surface area contributed by atoms with Crippen molar-refractivity contribution in [2.75, 3.05) is 14.2 Å². The van der Waals surface area contributed by atoms with E-state index < -0.39 is 0 Å². The molecule has 2 aromatic carbocycles. The SMILES string of the molecule is COc1cccc([C@@H]2Oc3c(OC)cccc3[C@@H]3CC(c4cccs4)=NN32)c1. The molecule has 0 spiro atoms. The second-order valence-electron chi connectivity index (χ2n) is 6.75. The van der Waals surface area contributed by atoms with Crippen molar-refractivity contribution in [1.82, 2.24) is 5.01 Å². The first kappa shape index (κ1) is 17.1. The average Bonchev–Trinajstić information content (AvgIpc) is 3.42. The lowest BCUT2D eigenvalue weighted by atomic mass is 9.97. The highest BCUT2D eigenvalue weighted by molar-refractivity contribution is 7.12. The average molecular weight is 392 g/mol. The Bertz CT molecular complexity index is 1030. The molecule has 0 fully saturated rings. The van der Waals surface area contributed by atoms with E-state index in [2.05, 4.69) is 28.6 Å². The van der Waals surface area contributed by atoms with E-state index in [1.54, 1.807) is 25.6 Å². The summed E-state index contributed by atoms with van der Waals surface area (Å²) >= 11 is 1.71. The Balaban J connectivity index is 1.63. The Morgan fingerprint density at radius 2 is 1.96 bits per heavy atom. The summed E-state index contributed by atoms with van der Waals surface area (Å²) in [6.45, 7) is 0. The van der Waals surface area contributed by atoms with Gasteiger partial charge in [-0.1, -0.05) is 30.3 Å². The number of methoxy groups -OCH3 is 2. The van der Waals surface area contributed by atoms with Crippen molar-refractivity contribution in [2.24, 2.45) is 5.10 Å². The molecule has 2 atom stereocenters. The van der Waals surface area contributed by atoms with Crippen molar-refractivity contribution in [3.05, 3.63) is 76.0 Å². The topological polar surface area (TPSA) is 43.3 Å². The summed E-state index contributed by atoms with van der Waals surface area (Å²) < 4.78 is 17.5. The number of rotatable bonds is 4. The number of benzene rings is 2. The molecular formula is C22H20N2O3S. The molecule has 0 radical (unpaired) electrons. The lowest BCUT2D eigenvalue weighted by Crippen LogP contribution is -2.33. The standard InChI is InChI=1S/C22H20N2O3S/c1-25-15-7-3-6-14(12-15)22-24-18(13-17(23-24)20-10-5-11-28-20)16-8-4-9-19(26-2)21(16)27-22/h3-12,18,22H,13H2,1-2H3/t18-,22-/m0/s1. The molecule has 0 N–H and O–H groups in total. The van der Waals surface area contributed by atoms with Gasteiger partial charge in [-0.15, -0.1) is 11.3 Å². The minimum Gasteiger partial charge on any atom is -0.497 e. The van der Waals surface area contributed by atoms with Crippen LogP contribution in [0.1, 0.15) is 34.7 Å². The van der Waals surface area contributed by atoms with Gasteiger partial charge in [0.15, 0.2) is 11.5 Å². The summed E-state index contributed by atoms with van der Waals surface area (Å²) in [6, 6.07) is 18.3. The molecule has 5 nitrogen and oxygen atoms in total. The number of hydrazone groups is 1. The third-order valence-corrected chi connectivity index (χ3v) is 6.10. The fourth-order valence-corrected chi connectivity index (χ4v) is 4.57. The van der Waals surface area contributed by atoms with Crippen molar-refractivity contribution in [1.29, 1.82) is 0 Å². The number of hydrogen-bond acceptors (Lipinski definition) is 6. The Morgan fingerprint density at radius 3 is 2.75 bits per heavy atom. The van der Waals surface area contributed by atoms with Crippen LogP contribution in [0.25, 0.3) is 0 Å². The highest BCUT2D eigenvalue weighted by Crippen LogP contribution is 2.51. The van der Waals surface area contributed by atoms with Crippen LogP contribution in [0.2, 0.25) is 0 Å². The first-order valence-corrected chi connectivity index (χ1v) is 10.0. The summed E-state index contributed by atoms with van der Waals surface area (Å²) in [6.07, 6.45) is 0.492. The van der Waals surface area contributed by atoms with E-state index >= 15 is 0 Å². The van der Waals surface area contributed by atoms with Gasteiger partial charge in [0.2, 0.25) is 6.23 Å². The zero-order valence-corrected chi connectivity index (χ0v) is 16.5. The largest absolute Gasteiger partial charge is 0.497 e. The third kappa shape index (κ3) is 2.72. The maximum atomic E-state index is 6.46. The van der Waals surface area contributed by atoms with Crippen molar-refractivity contribution < 1.29 is 14.2 Å². The van der Waals surface area contributed by atoms with Gasteiger partial charge >= 0.3 is 0 Å². The molecule has 0 aliphatic carbocycles. The molecule has 0 saturated heterocycles. The van der Waals surface area contributed by atoms with Gasteiger partial charge in [0.25, 0.3) is 0 Å². The van der Waals surface area contributed by atoms with Gasteiger partial charge in [0.05, 0.1) is 30.9 Å². The first-order valence-electron chi connectivity index (χ1n) is 9.15. The molecule has 142 valence electrons. The van der Waals surface area contributed by atoms with Crippen molar-refractivity contribution in [3.8, 4) is 17.2 Å². The van der Waals surface area contributed by atoms with Crippen molar-refractivity contribution in [3.63, 3.8) is 0 Å². The number of hydrogen-bond donors (Lipinski definition) is 0. The molecule has 0 amide bonds. The van der Waals surface area contributed by atoms with E-state index in [0.29, 0.717) is 0 Å². The molecule has 2 aliphatic rings. The maximum Gasteiger partial charge on any atom is 0.214 e. The van der Waals surface area contributed by atoms with Crippen LogP contribution in [0.4, 0.5) is 0 Å². The number of ether oxygens (including phenoxy) is 3. The molecule has 28 heavy (non-hydrogen) atoms. The van der Waals surface area contributed by atoms with E-state index in [9.17, 15) is 0 Å². The van der Waals surface area contributed by atoms with Crippen LogP contribution >= 0.6 is 11.3 Å². The zero-order valence-electron chi connectivity index (χ0n) is 15.7. The van der Waals surface area contributed by atoms with Crippen LogP contribution in [0.3, 0.4) is 0 Å². The van der Waals surface area contributed by atoms with Crippen LogP contribution in [0.5, 0.6) is 17.2 Å². The van der Waals surface area contributed by atoms with Crippen LogP contribution in [-0.4, -0.2) is 24.9 Å². The Morgan fingerprint density at radius 1 is 1.07 bits per heavy atom. The summed E-state index contributed by atoms with van der Waals surface area (Å²) in [4.78, 5) is 1.20. The molecule has 2 aliphatic heterocycles. The highest BCUT2D eigenvalue weighted by atomic mass is 32.1. The monoisotopic (exact) mass is 392 g/mol. The number of nitrogens with zero attached hydrogens (tertiary/aromatic N) is 2. The number of fused-ring (bicyclic) bond motifs is 3. The molecule has 3 aromatic rings. The summed E-state index contributed by atoms with van der Waals surface area (Å²) in [5.74, 6) is 2.33. The Hall–Kier alpha value is -2.99. The predicted molar refractivity (Wildman–Crippen MR) is 109 cm³/mol. The fraction of sp³-hybridized carbons (Fsp3) is 0.227. The fourth-order valence-electron chi connectivity index (χ4n) is 3.85. The summed E-state index contributed by atoms with van der Waals surface area (Å²) in [5.41, 5.74) is 3.19. The summed E-state index contributed by atoms with van der Waals surface area (Å²) in [5, 5.41) is 9.13. The van der Waals surface area contributed by atoms with E-state index in [0.717, 1.165) is 40.5 Å². The van der Waals surface area contributed by atoms with E-state index in [-0.39, 0.29) is 12.3 Å². The smallest absolute Gasteiger partial charge is 0.214 e. The van der Waals surface area contributed by atoms with Gasteiger partial charge in [-0.05, 0) is 29.6 Å². The van der Waals surface area contributed by atoms with E-state index in [4.69, 9.17) is 19.3 Å². The second kappa shape index (κ2) is 6.87. The molecular weight excluding hydrogens is 372 g/mol. The molecule has 6 heteroatoms. The number of thiophene rings is 1. The van der Waals surface area contributed by atoms with Crippen LogP contribution in [0.15, 0.2) is 65.1 Å². The van der Waals surface area contributed by atoms with E-state index in [1.165, 1.54) is 4.88 Å². The van der Waals surface area contributed by atoms with Crippen molar-refractivity contribution >= 4 is 17.0 Å². The second-order valence-corrected chi connectivity index (χ2v) is 7.70. The Kier molecular flexibility index (Phi) is 4.20.